The molecule has 0 bridgehead atoms. The number of carbonyl (C=O) groups excluding carboxylic acids is 1. The lowest BCUT2D eigenvalue weighted by Gasteiger charge is -1.70. The topological polar surface area (TPSA) is 43.1 Å². The van der Waals surface area contributed by atoms with Crippen LogP contribution < -0.4 is 5.73 Å². The Morgan fingerprint density at radius 3 is 2.33 bits per heavy atom. The van der Waals surface area contributed by atoms with Gasteiger partial charge in [0.15, 0.2) is 6.29 Å². The van der Waals surface area contributed by atoms with Crippen molar-refractivity contribution in [2.45, 2.75) is 0 Å². The smallest absolute Gasteiger partial charge is 0.162 e. The molecule has 0 atom stereocenters. The number of hydrogen-bond donors (Lipinski definition) is 1. The lowest BCUT2D eigenvalue weighted by atomic mass is 10.7. The zero-order valence-electron chi connectivity index (χ0n) is 3.02. The van der Waals surface area contributed by atoms with Crippen molar-refractivity contribution >= 4 is 17.9 Å². The summed E-state index contributed by atoms with van der Waals surface area (Å²) < 4.78 is 0. The maximum Gasteiger partial charge on any atom is 0.162 e. The summed E-state index contributed by atoms with van der Waals surface area (Å²) >= 11 is 5.02. The summed E-state index contributed by atoms with van der Waals surface area (Å²) in [6, 6.07) is 0. The van der Waals surface area contributed by atoms with E-state index in [0.29, 0.717) is 6.29 Å². The third-order valence-electron chi connectivity index (χ3n) is 0.272. The van der Waals surface area contributed by atoms with Gasteiger partial charge in [-0.2, -0.15) is 0 Å². The third kappa shape index (κ3) is 1.79. The van der Waals surface area contributed by atoms with E-state index in [2.05, 4.69) is 0 Å². The van der Waals surface area contributed by atoms with E-state index in [-0.39, 0.29) is 5.03 Å². The molecule has 6 heavy (non-hydrogen) atoms. The van der Waals surface area contributed by atoms with Crippen molar-refractivity contribution in [2.24, 2.45) is 5.73 Å². The number of rotatable bonds is 1. The van der Waals surface area contributed by atoms with Crippen LogP contribution in [0.15, 0.2) is 11.2 Å². The molecule has 0 radical (unpaired) electrons. The van der Waals surface area contributed by atoms with Gasteiger partial charge in [-0.3, -0.25) is 4.79 Å². The molecule has 3 heteroatoms. The van der Waals surface area contributed by atoms with Crippen molar-refractivity contribution in [2.75, 3.05) is 0 Å². The molecule has 34 valence electrons. The Bertz CT molecular complexity index is 78.9. The number of nitrogens with two attached hydrogens (primary N) is 1. The Labute approximate surface area is 40.6 Å². The van der Waals surface area contributed by atoms with E-state index in [1.165, 1.54) is 0 Å². The molecule has 2 N–H and O–H groups in total. The Morgan fingerprint density at radius 1 is 1.83 bits per heavy atom. The van der Waals surface area contributed by atoms with Crippen LogP contribution in [0.3, 0.4) is 0 Å². The first-order chi connectivity index (χ1) is 2.81. The molecule has 0 aliphatic heterocycles. The fourth-order valence-electron chi connectivity index (χ4n) is 0.0393. The van der Waals surface area contributed by atoms with Crippen LogP contribution in [0, 0.1) is 0 Å². The van der Waals surface area contributed by atoms with Crippen LogP contribution in [-0.4, -0.2) is 6.29 Å². The van der Waals surface area contributed by atoms with Crippen LogP contribution in [0.5, 0.6) is 0 Å². The van der Waals surface area contributed by atoms with Gasteiger partial charge in [0, 0.05) is 6.20 Å². The van der Waals surface area contributed by atoms with Gasteiger partial charge in [0.25, 0.3) is 0 Å². The number of allylic oxidation sites excluding steroid dienone is 1. The average molecular weight is 106 g/mol. The van der Waals surface area contributed by atoms with Gasteiger partial charge >= 0.3 is 0 Å². The Balaban J connectivity index is 3.50. The quantitative estimate of drug-likeness (QED) is 0.383. The summed E-state index contributed by atoms with van der Waals surface area (Å²) in [6.07, 6.45) is 1.51. The summed E-state index contributed by atoms with van der Waals surface area (Å²) in [5.41, 5.74) is 4.76. The molecule has 2 nitrogen and oxygen atoms in total. The summed E-state index contributed by atoms with van der Waals surface area (Å²) in [6.45, 7) is 0. The molecule has 0 aromatic rings. The molecule has 0 amide bonds. The minimum atomic E-state index is 0.0370. The van der Waals surface area contributed by atoms with Crippen LogP contribution in [-0.2, 0) is 4.79 Å². The number of carbonyl (C=O) groups is 1. The average Bonchev–Trinajstić information content (AvgIpc) is 1.65. The molecule has 0 heterocycles. The first-order valence-electron chi connectivity index (χ1n) is 1.34. The minimum Gasteiger partial charge on any atom is -0.403 e. The Kier molecular flexibility index (Phi) is 2.50. The highest BCUT2D eigenvalue weighted by molar-refractivity contribution is 6.38. The number of halogens is 1. The number of aldehydes is 1. The van der Waals surface area contributed by atoms with Gasteiger partial charge in [-0.05, 0) is 0 Å². The fourth-order valence-corrected chi connectivity index (χ4v) is 0.0393. The van der Waals surface area contributed by atoms with Crippen molar-refractivity contribution < 1.29 is 4.79 Å². The largest absolute Gasteiger partial charge is 0.403 e. The fraction of sp³-hybridized carbons (Fsp3) is 0. The van der Waals surface area contributed by atoms with Crippen molar-refractivity contribution in [3.05, 3.63) is 11.2 Å². The van der Waals surface area contributed by atoms with Gasteiger partial charge in [-0.25, -0.2) is 0 Å². The van der Waals surface area contributed by atoms with E-state index < -0.39 is 0 Å². The van der Waals surface area contributed by atoms with Crippen LogP contribution >= 0.6 is 11.6 Å². The zero-order valence-corrected chi connectivity index (χ0v) is 3.77. The summed E-state index contributed by atoms with van der Waals surface area (Å²) in [4.78, 5) is 9.46. The summed E-state index contributed by atoms with van der Waals surface area (Å²) in [5.74, 6) is 0. The predicted molar refractivity (Wildman–Crippen MR) is 24.2 cm³/mol. The van der Waals surface area contributed by atoms with Crippen LogP contribution in [0.1, 0.15) is 0 Å². The summed E-state index contributed by atoms with van der Waals surface area (Å²) in [5, 5.41) is 0.0370. The van der Waals surface area contributed by atoms with Crippen molar-refractivity contribution in [1.82, 2.24) is 0 Å². The van der Waals surface area contributed by atoms with E-state index in [1.807, 2.05) is 0 Å². The normalized spacial score (nSPS) is 11.2. The maximum atomic E-state index is 9.46. The van der Waals surface area contributed by atoms with Gasteiger partial charge < -0.3 is 5.73 Å². The van der Waals surface area contributed by atoms with Gasteiger partial charge in [-0.15, -0.1) is 0 Å². The molecule has 0 rings (SSSR count). The molecule has 0 aliphatic rings. The standard InChI is InChI=1S/C3H4ClNO/c4-3(1-5)2-6/h1-2H,5H2/b3-1+. The van der Waals surface area contributed by atoms with E-state index in [0.717, 1.165) is 6.20 Å². The maximum absolute atomic E-state index is 9.46. The first-order valence-corrected chi connectivity index (χ1v) is 1.71. The molecular weight excluding hydrogens is 101 g/mol. The van der Waals surface area contributed by atoms with Gasteiger partial charge in [0.2, 0.25) is 0 Å². The molecule has 0 aliphatic carbocycles. The Hall–Kier alpha value is -0.500. The molecule has 0 spiro atoms. The molecule has 0 aromatic carbocycles. The SMILES string of the molecule is N/C=C(/Cl)C=O. The van der Waals surface area contributed by atoms with Crippen LogP contribution in [0.2, 0.25) is 0 Å². The first kappa shape index (κ1) is 5.50. The highest BCUT2D eigenvalue weighted by atomic mass is 35.5. The van der Waals surface area contributed by atoms with E-state index in [1.54, 1.807) is 0 Å². The molecular formula is C3H4ClNO. The van der Waals surface area contributed by atoms with Gasteiger partial charge in [0.05, 0.1) is 5.03 Å². The minimum absolute atomic E-state index is 0.0370. The number of hydrogen-bond acceptors (Lipinski definition) is 2. The molecule has 0 saturated heterocycles. The lowest BCUT2D eigenvalue weighted by Crippen LogP contribution is -1.80. The monoisotopic (exact) mass is 105 g/mol. The van der Waals surface area contributed by atoms with Gasteiger partial charge in [0.1, 0.15) is 0 Å². The molecule has 0 unspecified atom stereocenters. The van der Waals surface area contributed by atoms with E-state index in [9.17, 15) is 4.79 Å². The molecule has 0 fully saturated rings. The highest BCUT2D eigenvalue weighted by Gasteiger charge is 1.77. The second-order valence-electron chi connectivity index (χ2n) is 0.669. The molecule has 0 saturated carbocycles. The second kappa shape index (κ2) is 2.72. The third-order valence-corrected chi connectivity index (χ3v) is 0.487. The second-order valence-corrected chi connectivity index (χ2v) is 1.11. The lowest BCUT2D eigenvalue weighted by molar-refractivity contribution is -0.104. The predicted octanol–water partition coefficient (Wildman–Crippen LogP) is 0.224. The summed E-state index contributed by atoms with van der Waals surface area (Å²) in [7, 11) is 0. The van der Waals surface area contributed by atoms with E-state index >= 15 is 0 Å². The highest BCUT2D eigenvalue weighted by Crippen LogP contribution is 1.88. The Morgan fingerprint density at radius 2 is 2.33 bits per heavy atom. The van der Waals surface area contributed by atoms with Crippen LogP contribution in [0.4, 0.5) is 0 Å². The van der Waals surface area contributed by atoms with Crippen molar-refractivity contribution in [1.29, 1.82) is 0 Å². The molecule has 0 aromatic heterocycles. The van der Waals surface area contributed by atoms with Gasteiger partial charge in [-0.1, -0.05) is 11.6 Å². The van der Waals surface area contributed by atoms with Crippen molar-refractivity contribution in [3.63, 3.8) is 0 Å². The van der Waals surface area contributed by atoms with E-state index in [4.69, 9.17) is 17.3 Å². The van der Waals surface area contributed by atoms with Crippen molar-refractivity contribution in [3.8, 4) is 0 Å². The van der Waals surface area contributed by atoms with Crippen LogP contribution in [0.25, 0.3) is 0 Å². The zero-order chi connectivity index (χ0) is 4.99.